The molecule has 0 spiro atoms. The molecule has 0 fully saturated rings. The molecule has 1 amide bonds. The molecule has 146 valence electrons. The van der Waals surface area contributed by atoms with Crippen molar-refractivity contribution < 1.29 is 17.6 Å². The van der Waals surface area contributed by atoms with Crippen LogP contribution < -0.4 is 10.0 Å². The Morgan fingerprint density at radius 3 is 2.46 bits per heavy atom. The van der Waals surface area contributed by atoms with Gasteiger partial charge in [0.1, 0.15) is 11.5 Å². The van der Waals surface area contributed by atoms with E-state index < -0.39 is 15.9 Å². The molecule has 1 heterocycles. The Hall–Kier alpha value is -2.58. The van der Waals surface area contributed by atoms with E-state index in [1.54, 1.807) is 30.3 Å². The highest BCUT2D eigenvalue weighted by atomic mass is 79.9. The first-order valence-electron chi connectivity index (χ1n) is 8.60. The van der Waals surface area contributed by atoms with Crippen LogP contribution in [0.4, 0.5) is 5.69 Å². The Bertz CT molecular complexity index is 1080. The molecule has 0 saturated heterocycles. The number of benzene rings is 2. The average Bonchev–Trinajstić information content (AvgIpc) is 3.16. The maximum absolute atomic E-state index is 12.5. The number of anilines is 1. The van der Waals surface area contributed by atoms with E-state index in [4.69, 9.17) is 4.42 Å². The van der Waals surface area contributed by atoms with Gasteiger partial charge < -0.3 is 9.73 Å². The highest BCUT2D eigenvalue weighted by Gasteiger charge is 2.15. The van der Waals surface area contributed by atoms with Crippen LogP contribution in [0.2, 0.25) is 0 Å². The molecule has 1 aromatic heterocycles. The molecule has 0 unspecified atom stereocenters. The summed E-state index contributed by atoms with van der Waals surface area (Å²) < 4.78 is 32.8. The van der Waals surface area contributed by atoms with Gasteiger partial charge in [0, 0.05) is 10.0 Å². The first-order chi connectivity index (χ1) is 13.4. The highest BCUT2D eigenvalue weighted by molar-refractivity contribution is 9.10. The molecule has 6 nitrogen and oxygen atoms in total. The van der Waals surface area contributed by atoms with Crippen molar-refractivity contribution in [1.82, 2.24) is 5.32 Å². The van der Waals surface area contributed by atoms with Crippen LogP contribution in [0.1, 0.15) is 23.0 Å². The Morgan fingerprint density at radius 2 is 1.75 bits per heavy atom. The second kappa shape index (κ2) is 8.62. The van der Waals surface area contributed by atoms with E-state index in [1.165, 1.54) is 6.92 Å². The van der Waals surface area contributed by atoms with Gasteiger partial charge in [-0.2, -0.15) is 0 Å². The fourth-order valence-electron chi connectivity index (χ4n) is 2.51. The summed E-state index contributed by atoms with van der Waals surface area (Å²) in [4.78, 5) is 12.5. The molecule has 8 heteroatoms. The molecule has 2 aromatic carbocycles. The van der Waals surface area contributed by atoms with Crippen molar-refractivity contribution in [1.29, 1.82) is 0 Å². The fourth-order valence-corrected chi connectivity index (χ4v) is 3.44. The van der Waals surface area contributed by atoms with E-state index in [0.29, 0.717) is 11.5 Å². The zero-order chi connectivity index (χ0) is 20.1. The summed E-state index contributed by atoms with van der Waals surface area (Å²) in [6, 6.07) is 17.8. The monoisotopic (exact) mass is 462 g/mol. The minimum Gasteiger partial charge on any atom is -0.459 e. The van der Waals surface area contributed by atoms with Crippen molar-refractivity contribution in [3.05, 3.63) is 76.5 Å². The van der Waals surface area contributed by atoms with Gasteiger partial charge in [0.05, 0.1) is 23.5 Å². The highest BCUT2D eigenvalue weighted by Crippen LogP contribution is 2.24. The van der Waals surface area contributed by atoms with E-state index in [1.807, 2.05) is 30.3 Å². The third-order valence-electron chi connectivity index (χ3n) is 4.03. The first-order valence-corrected chi connectivity index (χ1v) is 11.0. The number of halogens is 1. The molecule has 2 N–H and O–H groups in total. The van der Waals surface area contributed by atoms with E-state index in [2.05, 4.69) is 26.0 Å². The third kappa shape index (κ3) is 5.02. The van der Waals surface area contributed by atoms with Gasteiger partial charge >= 0.3 is 0 Å². The lowest BCUT2D eigenvalue weighted by molar-refractivity contribution is 0.0949. The standard InChI is InChI=1S/C20H19BrN2O4S/c1-2-28(25,26)23-18-6-4-3-5-17(18)20(24)22-13-16-11-12-19(27-16)14-7-9-15(21)10-8-14/h3-12,23H,2,13H2,1H3,(H,22,24). The summed E-state index contributed by atoms with van der Waals surface area (Å²) >= 11 is 3.39. The maximum Gasteiger partial charge on any atom is 0.253 e. The maximum atomic E-state index is 12.5. The van der Waals surface area contributed by atoms with Crippen LogP contribution in [-0.4, -0.2) is 20.1 Å². The smallest absolute Gasteiger partial charge is 0.253 e. The van der Waals surface area contributed by atoms with E-state index in [-0.39, 0.29) is 23.5 Å². The van der Waals surface area contributed by atoms with Gasteiger partial charge in [0.15, 0.2) is 0 Å². The predicted molar refractivity (Wildman–Crippen MR) is 113 cm³/mol. The quantitative estimate of drug-likeness (QED) is 0.544. The number of hydrogen-bond donors (Lipinski definition) is 2. The third-order valence-corrected chi connectivity index (χ3v) is 5.85. The number of hydrogen-bond acceptors (Lipinski definition) is 4. The van der Waals surface area contributed by atoms with E-state index in [9.17, 15) is 13.2 Å². The predicted octanol–water partition coefficient (Wildman–Crippen LogP) is 4.40. The van der Waals surface area contributed by atoms with Crippen molar-refractivity contribution in [2.45, 2.75) is 13.5 Å². The van der Waals surface area contributed by atoms with Crippen LogP contribution in [-0.2, 0) is 16.6 Å². The van der Waals surface area contributed by atoms with Crippen molar-refractivity contribution in [2.24, 2.45) is 0 Å². The summed E-state index contributed by atoms with van der Waals surface area (Å²) in [5.74, 6) is 0.829. The Balaban J connectivity index is 1.69. The number of sulfonamides is 1. The summed E-state index contributed by atoms with van der Waals surface area (Å²) in [5.41, 5.74) is 1.43. The fraction of sp³-hybridized carbons (Fsp3) is 0.150. The number of carbonyl (C=O) groups is 1. The second-order valence-electron chi connectivity index (χ2n) is 6.01. The molecular formula is C20H19BrN2O4S. The molecule has 3 rings (SSSR count). The molecule has 3 aromatic rings. The van der Waals surface area contributed by atoms with Gasteiger partial charge in [0.2, 0.25) is 10.0 Å². The normalized spacial score (nSPS) is 11.2. The van der Waals surface area contributed by atoms with Gasteiger partial charge in [-0.1, -0.05) is 40.2 Å². The van der Waals surface area contributed by atoms with Gasteiger partial charge in [0.25, 0.3) is 5.91 Å². The van der Waals surface area contributed by atoms with Crippen LogP contribution >= 0.6 is 15.9 Å². The lowest BCUT2D eigenvalue weighted by Gasteiger charge is -2.11. The lowest BCUT2D eigenvalue weighted by Crippen LogP contribution is -2.25. The second-order valence-corrected chi connectivity index (χ2v) is 8.93. The van der Waals surface area contributed by atoms with Crippen LogP contribution in [0.25, 0.3) is 11.3 Å². The Kier molecular flexibility index (Phi) is 6.21. The molecule has 0 atom stereocenters. The zero-order valence-electron chi connectivity index (χ0n) is 15.1. The number of rotatable bonds is 7. The van der Waals surface area contributed by atoms with Gasteiger partial charge in [-0.15, -0.1) is 0 Å². The number of carbonyl (C=O) groups excluding carboxylic acids is 1. The summed E-state index contributed by atoms with van der Waals surface area (Å²) in [7, 11) is -3.48. The van der Waals surface area contributed by atoms with Crippen molar-refractivity contribution in [3.8, 4) is 11.3 Å². The average molecular weight is 463 g/mol. The van der Waals surface area contributed by atoms with Crippen LogP contribution in [0.15, 0.2) is 69.6 Å². The summed E-state index contributed by atoms with van der Waals surface area (Å²) in [6.07, 6.45) is 0. The van der Waals surface area contributed by atoms with Gasteiger partial charge in [-0.3, -0.25) is 9.52 Å². The molecule has 0 aliphatic heterocycles. The Morgan fingerprint density at radius 1 is 1.04 bits per heavy atom. The molecule has 0 bridgehead atoms. The van der Waals surface area contributed by atoms with Crippen LogP contribution in [0.5, 0.6) is 0 Å². The van der Waals surface area contributed by atoms with Crippen LogP contribution in [0.3, 0.4) is 0 Å². The zero-order valence-corrected chi connectivity index (χ0v) is 17.5. The number of para-hydroxylation sites is 1. The van der Waals surface area contributed by atoms with Crippen molar-refractivity contribution in [2.75, 3.05) is 10.5 Å². The number of nitrogens with one attached hydrogen (secondary N) is 2. The van der Waals surface area contributed by atoms with E-state index in [0.717, 1.165) is 10.0 Å². The molecule has 0 saturated carbocycles. The largest absolute Gasteiger partial charge is 0.459 e. The number of amides is 1. The Labute approximate surface area is 172 Å². The molecule has 28 heavy (non-hydrogen) atoms. The number of furan rings is 1. The molecule has 0 radical (unpaired) electrons. The minimum absolute atomic E-state index is 0.0752. The molecule has 0 aliphatic carbocycles. The van der Waals surface area contributed by atoms with Crippen molar-refractivity contribution in [3.63, 3.8) is 0 Å². The molecular weight excluding hydrogens is 444 g/mol. The summed E-state index contributed by atoms with van der Waals surface area (Å²) in [5, 5.41) is 2.76. The summed E-state index contributed by atoms with van der Waals surface area (Å²) in [6.45, 7) is 1.72. The van der Waals surface area contributed by atoms with Gasteiger partial charge in [-0.05, 0) is 43.3 Å². The lowest BCUT2D eigenvalue weighted by atomic mass is 10.1. The van der Waals surface area contributed by atoms with Crippen molar-refractivity contribution >= 4 is 37.5 Å². The van der Waals surface area contributed by atoms with Gasteiger partial charge in [-0.25, -0.2) is 8.42 Å². The van der Waals surface area contributed by atoms with E-state index >= 15 is 0 Å². The topological polar surface area (TPSA) is 88.4 Å². The molecule has 0 aliphatic rings. The minimum atomic E-state index is -3.48. The van der Waals surface area contributed by atoms with Crippen LogP contribution in [0, 0.1) is 0 Å². The SMILES string of the molecule is CCS(=O)(=O)Nc1ccccc1C(=O)NCc1ccc(-c2ccc(Br)cc2)o1. The first kappa shape index (κ1) is 20.2.